The molecule has 0 heterocycles. The zero-order valence-corrected chi connectivity index (χ0v) is 22.7. The molecule has 6 nitrogen and oxygen atoms in total. The van der Waals surface area contributed by atoms with E-state index in [1.165, 1.54) is 0 Å². The van der Waals surface area contributed by atoms with Crippen molar-refractivity contribution < 1.29 is 29.9 Å². The molecule has 0 amide bonds. The van der Waals surface area contributed by atoms with Crippen molar-refractivity contribution >= 4 is 0 Å². The van der Waals surface area contributed by atoms with E-state index in [4.69, 9.17) is 9.47 Å². The van der Waals surface area contributed by atoms with Crippen LogP contribution < -0.4 is 0 Å². The molecule has 0 aromatic carbocycles. The molecule has 0 aromatic heterocycles. The van der Waals surface area contributed by atoms with Crippen LogP contribution in [-0.2, 0) is 9.47 Å². The molecule has 4 N–H and O–H groups in total. The maximum atomic E-state index is 11.1. The van der Waals surface area contributed by atoms with Crippen molar-refractivity contribution in [3.63, 3.8) is 0 Å². The van der Waals surface area contributed by atoms with Crippen molar-refractivity contribution in [1.29, 1.82) is 0 Å². The van der Waals surface area contributed by atoms with E-state index in [0.717, 1.165) is 44.9 Å². The minimum Gasteiger partial charge on any atom is -0.393 e. The van der Waals surface area contributed by atoms with Crippen LogP contribution >= 0.6 is 0 Å². The fourth-order valence-electron chi connectivity index (χ4n) is 7.26. The van der Waals surface area contributed by atoms with E-state index < -0.39 is 29.0 Å². The van der Waals surface area contributed by atoms with Gasteiger partial charge in [0.05, 0.1) is 47.3 Å². The Hall–Kier alpha value is -0.240. The first-order chi connectivity index (χ1) is 15.6. The molecule has 0 aliphatic heterocycles. The number of ether oxygens (including phenoxy) is 2. The SMILES string of the molecule is C[C@@H]1CC[C@@H](C(C)(C)O[C@@H]2CC[C@@H](C(C)(C)O[C@@H]3CC[C@@H](C(C)(C)O)[C@@H](O)C3)[C@H](O)C2)[C@@H](O)C1. The number of hydrogen-bond donors (Lipinski definition) is 4. The summed E-state index contributed by atoms with van der Waals surface area (Å²) < 4.78 is 13.0. The van der Waals surface area contributed by atoms with Crippen LogP contribution in [0, 0.1) is 23.7 Å². The van der Waals surface area contributed by atoms with Gasteiger partial charge in [-0.05, 0) is 98.8 Å². The first-order valence-corrected chi connectivity index (χ1v) is 13.7. The predicted molar refractivity (Wildman–Crippen MR) is 133 cm³/mol. The highest BCUT2D eigenvalue weighted by Gasteiger charge is 2.46. The van der Waals surface area contributed by atoms with Crippen LogP contribution in [0.3, 0.4) is 0 Å². The largest absolute Gasteiger partial charge is 0.393 e. The molecule has 0 saturated heterocycles. The van der Waals surface area contributed by atoms with Crippen LogP contribution in [0.5, 0.6) is 0 Å². The third-order valence-corrected chi connectivity index (χ3v) is 9.25. The second-order valence-corrected chi connectivity index (χ2v) is 13.4. The maximum absolute atomic E-state index is 11.1. The summed E-state index contributed by atoms with van der Waals surface area (Å²) in [4.78, 5) is 0. The lowest BCUT2D eigenvalue weighted by molar-refractivity contribution is -0.195. The highest BCUT2D eigenvalue weighted by atomic mass is 16.5. The van der Waals surface area contributed by atoms with Gasteiger partial charge in [-0.3, -0.25) is 0 Å². The molecule has 9 atom stereocenters. The summed E-state index contributed by atoms with van der Waals surface area (Å²) in [6.07, 6.45) is 5.75. The van der Waals surface area contributed by atoms with Crippen LogP contribution in [0.25, 0.3) is 0 Å². The van der Waals surface area contributed by atoms with E-state index in [0.29, 0.717) is 18.8 Å². The Morgan fingerprint density at radius 2 is 0.941 bits per heavy atom. The summed E-state index contributed by atoms with van der Waals surface area (Å²) in [6.45, 7) is 14.0. The van der Waals surface area contributed by atoms with Crippen LogP contribution in [0.1, 0.15) is 106 Å². The molecule has 34 heavy (non-hydrogen) atoms. The second kappa shape index (κ2) is 10.6. The van der Waals surface area contributed by atoms with Gasteiger partial charge in [0.2, 0.25) is 0 Å². The Labute approximate surface area is 207 Å². The quantitative estimate of drug-likeness (QED) is 0.432. The van der Waals surface area contributed by atoms with E-state index in [2.05, 4.69) is 34.6 Å². The molecule has 0 spiro atoms. The lowest BCUT2D eigenvalue weighted by Crippen LogP contribution is -2.52. The average Bonchev–Trinajstić information content (AvgIpc) is 2.65. The van der Waals surface area contributed by atoms with Gasteiger partial charge >= 0.3 is 0 Å². The van der Waals surface area contributed by atoms with Gasteiger partial charge in [0.1, 0.15) is 0 Å². The summed E-state index contributed by atoms with van der Waals surface area (Å²) in [5, 5.41) is 42.7. The van der Waals surface area contributed by atoms with E-state index in [-0.39, 0.29) is 36.1 Å². The smallest absolute Gasteiger partial charge is 0.0682 e. The zero-order chi connectivity index (χ0) is 25.5. The summed E-state index contributed by atoms with van der Waals surface area (Å²) in [5.74, 6) is 0.556. The van der Waals surface area contributed by atoms with Crippen molar-refractivity contribution in [3.8, 4) is 0 Å². The van der Waals surface area contributed by atoms with Gasteiger partial charge in [-0.2, -0.15) is 0 Å². The topological polar surface area (TPSA) is 99.4 Å². The van der Waals surface area contributed by atoms with Gasteiger partial charge in [0, 0.05) is 17.8 Å². The molecule has 3 aliphatic carbocycles. The molecule has 200 valence electrons. The molecule has 0 radical (unpaired) electrons. The fraction of sp³-hybridized carbons (Fsp3) is 1.00. The highest BCUT2D eigenvalue weighted by molar-refractivity contribution is 4.96. The molecule has 0 unspecified atom stereocenters. The Morgan fingerprint density at radius 1 is 0.559 bits per heavy atom. The minimum absolute atomic E-state index is 0.000678. The standard InChI is InChI=1S/C28H52O6/c1-17-8-11-21(23(29)14-17)27(4,5)34-19-10-13-22(25(31)16-19)28(6,7)33-18-9-12-20(24(30)15-18)26(2,3)32/h17-25,29-32H,8-16H2,1-7H3/t17-,18-,19-,20-,21-,22-,23+,24+,25-/m1/s1. The van der Waals surface area contributed by atoms with Gasteiger partial charge in [-0.25, -0.2) is 0 Å². The van der Waals surface area contributed by atoms with Gasteiger partial charge in [-0.1, -0.05) is 13.3 Å². The molecule has 3 saturated carbocycles. The van der Waals surface area contributed by atoms with E-state index in [1.54, 1.807) is 13.8 Å². The average molecular weight is 485 g/mol. The first kappa shape index (κ1) is 28.3. The molecule has 3 rings (SSSR count). The van der Waals surface area contributed by atoms with Crippen LogP contribution in [0.2, 0.25) is 0 Å². The van der Waals surface area contributed by atoms with Crippen LogP contribution in [0.4, 0.5) is 0 Å². The molecule has 6 heteroatoms. The zero-order valence-electron chi connectivity index (χ0n) is 22.7. The number of rotatable bonds is 7. The molecule has 0 aromatic rings. The minimum atomic E-state index is -0.895. The van der Waals surface area contributed by atoms with Crippen LogP contribution in [-0.4, -0.2) is 67.7 Å². The van der Waals surface area contributed by atoms with Gasteiger partial charge in [0.15, 0.2) is 0 Å². The Bertz CT molecular complexity index is 656. The van der Waals surface area contributed by atoms with Crippen LogP contribution in [0.15, 0.2) is 0 Å². The Morgan fingerprint density at radius 3 is 1.32 bits per heavy atom. The second-order valence-electron chi connectivity index (χ2n) is 13.4. The lowest BCUT2D eigenvalue weighted by Gasteiger charge is -2.48. The molecular weight excluding hydrogens is 432 g/mol. The molecular formula is C28H52O6. The summed E-state index contributed by atoms with van der Waals surface area (Å²) in [7, 11) is 0. The Kier molecular flexibility index (Phi) is 8.86. The Balaban J connectivity index is 1.53. The van der Waals surface area contributed by atoms with E-state index >= 15 is 0 Å². The van der Waals surface area contributed by atoms with Gasteiger partial charge in [0.25, 0.3) is 0 Å². The first-order valence-electron chi connectivity index (χ1n) is 13.7. The number of aliphatic hydroxyl groups is 4. The number of aliphatic hydroxyl groups excluding tert-OH is 3. The van der Waals surface area contributed by atoms with E-state index in [1.807, 2.05) is 0 Å². The normalized spacial score (nSPS) is 40.9. The molecule has 0 bridgehead atoms. The maximum Gasteiger partial charge on any atom is 0.0682 e. The van der Waals surface area contributed by atoms with Gasteiger partial charge in [-0.15, -0.1) is 0 Å². The van der Waals surface area contributed by atoms with Gasteiger partial charge < -0.3 is 29.9 Å². The summed E-state index contributed by atoms with van der Waals surface area (Å²) in [6, 6.07) is 0. The van der Waals surface area contributed by atoms with Crippen molar-refractivity contribution in [2.24, 2.45) is 23.7 Å². The molecule has 3 fully saturated rings. The third-order valence-electron chi connectivity index (χ3n) is 9.25. The van der Waals surface area contributed by atoms with Crippen molar-refractivity contribution in [2.75, 3.05) is 0 Å². The molecule has 3 aliphatic rings. The predicted octanol–water partition coefficient (Wildman–Crippen LogP) is 4.20. The summed E-state index contributed by atoms with van der Waals surface area (Å²) >= 11 is 0. The van der Waals surface area contributed by atoms with Crippen molar-refractivity contribution in [3.05, 3.63) is 0 Å². The number of hydrogen-bond acceptors (Lipinski definition) is 6. The highest BCUT2D eigenvalue weighted by Crippen LogP contribution is 2.43. The monoisotopic (exact) mass is 484 g/mol. The van der Waals surface area contributed by atoms with Crippen molar-refractivity contribution in [2.45, 2.75) is 154 Å². The summed E-state index contributed by atoms with van der Waals surface area (Å²) in [5.41, 5.74) is -1.83. The lowest BCUT2D eigenvalue weighted by atomic mass is 9.72. The third kappa shape index (κ3) is 6.74. The van der Waals surface area contributed by atoms with Crippen molar-refractivity contribution in [1.82, 2.24) is 0 Å². The fourth-order valence-corrected chi connectivity index (χ4v) is 7.26. The van der Waals surface area contributed by atoms with E-state index in [9.17, 15) is 20.4 Å².